The number of nitrogens with zero attached hydrogens (tertiary/aromatic N) is 5. The zero-order valence-electron chi connectivity index (χ0n) is 11.3. The van der Waals surface area contributed by atoms with Crippen LogP contribution in [0, 0.1) is 6.92 Å². The molecule has 1 saturated carbocycles. The summed E-state index contributed by atoms with van der Waals surface area (Å²) in [5.74, 6) is 1.97. The molecule has 8 heteroatoms. The molecule has 104 valence electrons. The lowest BCUT2D eigenvalue weighted by Gasteiger charge is -1.96. The van der Waals surface area contributed by atoms with E-state index in [2.05, 4.69) is 25.5 Å². The Morgan fingerprint density at radius 3 is 3.00 bits per heavy atom. The molecule has 4 rings (SSSR count). The maximum atomic E-state index is 5.23. The van der Waals surface area contributed by atoms with Crippen LogP contribution in [0.15, 0.2) is 4.52 Å². The van der Waals surface area contributed by atoms with E-state index in [-0.39, 0.29) is 0 Å². The highest BCUT2D eigenvalue weighted by Gasteiger charge is 2.28. The van der Waals surface area contributed by atoms with Crippen LogP contribution in [0.4, 0.5) is 5.13 Å². The van der Waals surface area contributed by atoms with Crippen LogP contribution in [-0.4, -0.2) is 24.9 Å². The predicted molar refractivity (Wildman–Crippen MR) is 74.7 cm³/mol. The molecule has 0 unspecified atom stereocenters. The zero-order valence-corrected chi connectivity index (χ0v) is 12.1. The molecule has 0 bridgehead atoms. The van der Waals surface area contributed by atoms with Gasteiger partial charge in [-0.25, -0.2) is 9.67 Å². The van der Waals surface area contributed by atoms with Gasteiger partial charge in [0.25, 0.3) is 0 Å². The van der Waals surface area contributed by atoms with Crippen molar-refractivity contribution < 1.29 is 4.52 Å². The summed E-state index contributed by atoms with van der Waals surface area (Å²) >= 11 is 1.59. The van der Waals surface area contributed by atoms with E-state index in [1.165, 1.54) is 12.8 Å². The number of nitrogens with one attached hydrogen (secondary N) is 1. The Kier molecular flexibility index (Phi) is 2.53. The van der Waals surface area contributed by atoms with Gasteiger partial charge in [-0.05, 0) is 19.8 Å². The first kappa shape index (κ1) is 11.8. The summed E-state index contributed by atoms with van der Waals surface area (Å²) in [5.41, 5.74) is 1.90. The molecule has 0 atom stereocenters. The number of thiazole rings is 1. The third kappa shape index (κ3) is 1.96. The molecule has 20 heavy (non-hydrogen) atoms. The monoisotopic (exact) mass is 290 g/mol. The van der Waals surface area contributed by atoms with Crippen molar-refractivity contribution in [1.29, 1.82) is 0 Å². The summed E-state index contributed by atoms with van der Waals surface area (Å²) < 4.78 is 8.13. The maximum Gasteiger partial charge on any atom is 0.246 e. The molecule has 0 aromatic carbocycles. The number of anilines is 1. The van der Waals surface area contributed by atoms with Crippen LogP contribution in [0.5, 0.6) is 0 Å². The Balaban J connectivity index is 1.50. The molecule has 1 aliphatic carbocycles. The molecule has 3 aromatic rings. The van der Waals surface area contributed by atoms with E-state index in [4.69, 9.17) is 4.52 Å². The van der Waals surface area contributed by atoms with Crippen molar-refractivity contribution in [2.45, 2.75) is 32.2 Å². The highest BCUT2D eigenvalue weighted by Crippen LogP contribution is 2.38. The van der Waals surface area contributed by atoms with Crippen LogP contribution >= 0.6 is 11.3 Å². The third-order valence-electron chi connectivity index (χ3n) is 3.36. The first-order chi connectivity index (χ1) is 9.70. The lowest BCUT2D eigenvalue weighted by atomic mass is 10.4. The highest BCUT2D eigenvalue weighted by atomic mass is 32.1. The van der Waals surface area contributed by atoms with E-state index in [9.17, 15) is 0 Å². The molecule has 1 fully saturated rings. The fourth-order valence-electron chi connectivity index (χ4n) is 2.16. The van der Waals surface area contributed by atoms with Crippen molar-refractivity contribution in [1.82, 2.24) is 24.9 Å². The molecule has 1 aliphatic rings. The van der Waals surface area contributed by atoms with Crippen LogP contribution in [0.1, 0.15) is 36.2 Å². The molecular weight excluding hydrogens is 276 g/mol. The van der Waals surface area contributed by atoms with Gasteiger partial charge in [-0.15, -0.1) is 0 Å². The fraction of sp³-hybridized carbons (Fsp3) is 0.500. The fourth-order valence-corrected chi connectivity index (χ4v) is 3.09. The topological polar surface area (TPSA) is 81.7 Å². The van der Waals surface area contributed by atoms with Gasteiger partial charge in [-0.3, -0.25) is 0 Å². The van der Waals surface area contributed by atoms with Crippen LogP contribution in [0.25, 0.3) is 10.3 Å². The standard InChI is InChI=1S/C12H14N6OS/c1-6-9-11(18(2)16-6)15-12(20-9)13-5-8-14-10(17-19-8)7-3-4-7/h7H,3-5H2,1-2H3,(H,13,15). The molecule has 3 aromatic heterocycles. The number of hydrogen-bond acceptors (Lipinski definition) is 7. The van der Waals surface area contributed by atoms with Crippen molar-refractivity contribution in [3.63, 3.8) is 0 Å². The molecule has 0 radical (unpaired) electrons. The van der Waals surface area contributed by atoms with Gasteiger partial charge in [-0.2, -0.15) is 10.1 Å². The SMILES string of the molecule is Cc1nn(C)c2nc(NCc3nc(C4CC4)no3)sc12. The number of fused-ring (bicyclic) bond motifs is 1. The minimum atomic E-state index is 0.506. The second-order valence-corrected chi connectivity index (χ2v) is 6.05. The van der Waals surface area contributed by atoms with Gasteiger partial charge in [0, 0.05) is 13.0 Å². The predicted octanol–water partition coefficient (Wildman–Crippen LogP) is 2.21. The first-order valence-corrected chi connectivity index (χ1v) is 7.39. The van der Waals surface area contributed by atoms with Crippen LogP contribution in [-0.2, 0) is 13.6 Å². The number of hydrogen-bond donors (Lipinski definition) is 1. The molecule has 0 saturated heterocycles. The maximum absolute atomic E-state index is 5.23. The van der Waals surface area contributed by atoms with E-state index in [1.807, 2.05) is 14.0 Å². The van der Waals surface area contributed by atoms with Crippen molar-refractivity contribution >= 4 is 26.8 Å². The summed E-state index contributed by atoms with van der Waals surface area (Å²) in [6.07, 6.45) is 2.35. The van der Waals surface area contributed by atoms with Crippen molar-refractivity contribution in [2.75, 3.05) is 5.32 Å². The molecule has 1 N–H and O–H groups in total. The average molecular weight is 290 g/mol. The van der Waals surface area contributed by atoms with Crippen LogP contribution in [0.2, 0.25) is 0 Å². The van der Waals surface area contributed by atoms with Crippen LogP contribution in [0.3, 0.4) is 0 Å². The molecule has 3 heterocycles. The Bertz CT molecular complexity index is 734. The summed E-state index contributed by atoms with van der Waals surface area (Å²) in [7, 11) is 1.90. The van der Waals surface area contributed by atoms with E-state index in [0.29, 0.717) is 18.4 Å². The van der Waals surface area contributed by atoms with Gasteiger partial charge in [0.05, 0.1) is 16.9 Å². The third-order valence-corrected chi connectivity index (χ3v) is 4.47. The van der Waals surface area contributed by atoms with Gasteiger partial charge in [0.2, 0.25) is 5.89 Å². The Morgan fingerprint density at radius 1 is 1.40 bits per heavy atom. The van der Waals surface area contributed by atoms with Gasteiger partial charge in [0.1, 0.15) is 0 Å². The Morgan fingerprint density at radius 2 is 2.25 bits per heavy atom. The summed E-state index contributed by atoms with van der Waals surface area (Å²) in [4.78, 5) is 8.90. The molecule has 0 spiro atoms. The van der Waals surface area contributed by atoms with Gasteiger partial charge >= 0.3 is 0 Å². The van der Waals surface area contributed by atoms with Crippen LogP contribution < -0.4 is 5.32 Å². The molecule has 0 amide bonds. The number of aryl methyl sites for hydroxylation is 2. The largest absolute Gasteiger partial charge is 0.352 e. The van der Waals surface area contributed by atoms with Gasteiger partial charge < -0.3 is 9.84 Å². The minimum absolute atomic E-state index is 0.506. The zero-order chi connectivity index (χ0) is 13.7. The summed E-state index contributed by atoms with van der Waals surface area (Å²) in [6.45, 7) is 2.50. The molecular formula is C12H14N6OS. The highest BCUT2D eigenvalue weighted by molar-refractivity contribution is 7.22. The molecule has 0 aliphatic heterocycles. The second-order valence-electron chi connectivity index (χ2n) is 5.05. The molecule has 7 nitrogen and oxygen atoms in total. The van der Waals surface area contributed by atoms with E-state index in [0.717, 1.165) is 27.0 Å². The Labute approximate surface area is 119 Å². The summed E-state index contributed by atoms with van der Waals surface area (Å²) in [5, 5.41) is 12.4. The van der Waals surface area contributed by atoms with Gasteiger partial charge in [0.15, 0.2) is 16.6 Å². The lowest BCUT2D eigenvalue weighted by molar-refractivity contribution is 0.378. The first-order valence-electron chi connectivity index (χ1n) is 6.57. The minimum Gasteiger partial charge on any atom is -0.352 e. The Hall–Kier alpha value is -1.96. The van der Waals surface area contributed by atoms with E-state index < -0.39 is 0 Å². The van der Waals surface area contributed by atoms with Crippen molar-refractivity contribution in [3.8, 4) is 0 Å². The van der Waals surface area contributed by atoms with Crippen molar-refractivity contribution in [2.24, 2.45) is 7.05 Å². The number of rotatable bonds is 4. The number of aromatic nitrogens is 5. The van der Waals surface area contributed by atoms with E-state index >= 15 is 0 Å². The van der Waals surface area contributed by atoms with Crippen molar-refractivity contribution in [3.05, 3.63) is 17.4 Å². The summed E-state index contributed by atoms with van der Waals surface area (Å²) in [6, 6.07) is 0. The quantitative estimate of drug-likeness (QED) is 0.793. The van der Waals surface area contributed by atoms with E-state index in [1.54, 1.807) is 16.0 Å². The lowest BCUT2D eigenvalue weighted by Crippen LogP contribution is -2.00. The second kappa shape index (κ2) is 4.27. The smallest absolute Gasteiger partial charge is 0.246 e. The average Bonchev–Trinajstić information content (AvgIpc) is 2.93. The normalized spacial score (nSPS) is 15.1. The van der Waals surface area contributed by atoms with Gasteiger partial charge in [-0.1, -0.05) is 16.5 Å².